The van der Waals surface area contributed by atoms with Crippen LogP contribution in [0.2, 0.25) is 0 Å². The van der Waals surface area contributed by atoms with E-state index < -0.39 is 22.6 Å². The number of hydrogen-bond acceptors (Lipinski definition) is 5. The minimum Gasteiger partial charge on any atom is -0.396 e. The zero-order chi connectivity index (χ0) is 22.2. The maximum Gasteiger partial charge on any atom is 0.244 e. The highest BCUT2D eigenvalue weighted by Gasteiger charge is 2.75. The van der Waals surface area contributed by atoms with Crippen LogP contribution in [0.4, 0.5) is 0 Å². The molecule has 3 fully saturated rings. The van der Waals surface area contributed by atoms with E-state index in [-0.39, 0.29) is 35.5 Å². The van der Waals surface area contributed by atoms with Crippen molar-refractivity contribution in [3.05, 3.63) is 35.9 Å². The van der Waals surface area contributed by atoms with Crippen molar-refractivity contribution < 1.29 is 19.5 Å². The van der Waals surface area contributed by atoms with Gasteiger partial charge in [-0.15, -0.1) is 11.8 Å². The predicted molar refractivity (Wildman–Crippen MR) is 119 cm³/mol. The summed E-state index contributed by atoms with van der Waals surface area (Å²) in [5.74, 6) is -1.06. The van der Waals surface area contributed by atoms with Gasteiger partial charge in [0.15, 0.2) is 0 Å². The molecule has 3 aliphatic heterocycles. The van der Waals surface area contributed by atoms with Crippen LogP contribution in [0.5, 0.6) is 0 Å². The molecule has 31 heavy (non-hydrogen) atoms. The molecule has 1 spiro atoms. The first-order valence-electron chi connectivity index (χ1n) is 11.1. The second-order valence-electron chi connectivity index (χ2n) is 8.83. The molecule has 3 heterocycles. The van der Waals surface area contributed by atoms with Gasteiger partial charge in [-0.1, -0.05) is 37.3 Å². The third-order valence-electron chi connectivity index (χ3n) is 7.16. The summed E-state index contributed by atoms with van der Waals surface area (Å²) in [6.07, 6.45) is 2.03. The molecule has 6 atom stereocenters. The summed E-state index contributed by atoms with van der Waals surface area (Å²) in [6, 6.07) is 9.11. The van der Waals surface area contributed by atoms with Gasteiger partial charge in [0.05, 0.1) is 16.6 Å². The molecule has 3 unspecified atom stereocenters. The number of amides is 3. The van der Waals surface area contributed by atoms with E-state index in [2.05, 4.69) is 17.6 Å². The van der Waals surface area contributed by atoms with E-state index >= 15 is 0 Å². The lowest BCUT2D eigenvalue weighted by Gasteiger charge is -2.38. The number of nitrogens with one attached hydrogen (secondary N) is 2. The van der Waals surface area contributed by atoms with E-state index in [9.17, 15) is 19.5 Å². The number of unbranched alkanes of at least 4 members (excludes halogenated alkanes) is 1. The van der Waals surface area contributed by atoms with Gasteiger partial charge in [0.2, 0.25) is 17.7 Å². The second kappa shape index (κ2) is 8.82. The van der Waals surface area contributed by atoms with E-state index in [1.54, 1.807) is 23.7 Å². The average Bonchev–Trinajstić information content (AvgIpc) is 3.36. The third kappa shape index (κ3) is 3.53. The summed E-state index contributed by atoms with van der Waals surface area (Å²) in [5, 5.41) is 15.1. The van der Waals surface area contributed by atoms with Crippen molar-refractivity contribution in [1.29, 1.82) is 0 Å². The van der Waals surface area contributed by atoms with Crippen LogP contribution in [0.1, 0.15) is 31.7 Å². The molecule has 0 radical (unpaired) electrons. The number of thioether (sulfide) groups is 1. The van der Waals surface area contributed by atoms with E-state index in [4.69, 9.17) is 0 Å². The number of likely N-dealkylation sites (tertiary alicyclic amines) is 1. The normalized spacial score (nSPS) is 33.5. The van der Waals surface area contributed by atoms with Crippen LogP contribution in [0.15, 0.2) is 30.3 Å². The Morgan fingerprint density at radius 1 is 1.23 bits per heavy atom. The Hall–Kier alpha value is -2.06. The van der Waals surface area contributed by atoms with Gasteiger partial charge in [0.25, 0.3) is 0 Å². The smallest absolute Gasteiger partial charge is 0.244 e. The lowest BCUT2D eigenvalue weighted by Crippen LogP contribution is -2.56. The first kappa shape index (κ1) is 22.1. The average molecular weight is 446 g/mol. The van der Waals surface area contributed by atoms with Crippen LogP contribution in [0.3, 0.4) is 0 Å². The van der Waals surface area contributed by atoms with Gasteiger partial charge in [-0.3, -0.25) is 14.4 Å². The van der Waals surface area contributed by atoms with Crippen molar-refractivity contribution in [2.24, 2.45) is 17.8 Å². The summed E-state index contributed by atoms with van der Waals surface area (Å²) in [7, 11) is 1.61. The van der Waals surface area contributed by atoms with E-state index in [1.807, 2.05) is 30.3 Å². The van der Waals surface area contributed by atoms with Gasteiger partial charge in [-0.05, 0) is 30.7 Å². The van der Waals surface area contributed by atoms with Crippen molar-refractivity contribution >= 4 is 29.5 Å². The molecule has 1 aromatic carbocycles. The number of hydrogen-bond donors (Lipinski definition) is 3. The molecular formula is C23H31N3O4S. The SMILES string of the molecule is CNC(=O)[C@@H]1[C@H]2C(=O)N(CCCCO)C(C(=O)NCc3ccccc3)C23S[C@@H]1CC3C. The highest BCUT2D eigenvalue weighted by atomic mass is 32.2. The number of rotatable bonds is 8. The third-order valence-corrected chi connectivity index (χ3v) is 9.24. The Balaban J connectivity index is 1.65. The van der Waals surface area contributed by atoms with Crippen LogP contribution in [-0.2, 0) is 20.9 Å². The Morgan fingerprint density at radius 3 is 2.65 bits per heavy atom. The quantitative estimate of drug-likeness (QED) is 0.522. The molecule has 1 aromatic rings. The fourth-order valence-corrected chi connectivity index (χ4v) is 8.22. The van der Waals surface area contributed by atoms with Crippen molar-refractivity contribution in [2.45, 2.75) is 48.8 Å². The predicted octanol–water partition coefficient (Wildman–Crippen LogP) is 1.16. The highest BCUT2D eigenvalue weighted by Crippen LogP contribution is 2.68. The van der Waals surface area contributed by atoms with Crippen molar-refractivity contribution in [1.82, 2.24) is 15.5 Å². The molecule has 3 saturated heterocycles. The van der Waals surface area contributed by atoms with Gasteiger partial charge in [-0.25, -0.2) is 0 Å². The Morgan fingerprint density at radius 2 is 1.97 bits per heavy atom. The highest BCUT2D eigenvalue weighted by molar-refractivity contribution is 8.02. The monoisotopic (exact) mass is 445 g/mol. The van der Waals surface area contributed by atoms with Crippen LogP contribution >= 0.6 is 11.8 Å². The van der Waals surface area contributed by atoms with E-state index in [1.165, 1.54) is 0 Å². The van der Waals surface area contributed by atoms with Crippen molar-refractivity contribution in [3.63, 3.8) is 0 Å². The maximum absolute atomic E-state index is 13.6. The molecule has 3 N–H and O–H groups in total. The molecule has 2 bridgehead atoms. The van der Waals surface area contributed by atoms with Crippen molar-refractivity contribution in [2.75, 3.05) is 20.2 Å². The Bertz CT molecular complexity index is 850. The molecule has 0 aromatic heterocycles. The van der Waals surface area contributed by atoms with Crippen LogP contribution < -0.4 is 10.6 Å². The molecule has 0 saturated carbocycles. The lowest BCUT2D eigenvalue weighted by molar-refractivity contribution is -0.140. The zero-order valence-electron chi connectivity index (χ0n) is 18.0. The van der Waals surface area contributed by atoms with Gasteiger partial charge in [0.1, 0.15) is 6.04 Å². The minimum atomic E-state index is -0.605. The number of fused-ring (bicyclic) bond motifs is 1. The van der Waals surface area contributed by atoms with Gasteiger partial charge >= 0.3 is 0 Å². The Labute approximate surface area is 187 Å². The van der Waals surface area contributed by atoms with Crippen LogP contribution in [0.25, 0.3) is 0 Å². The van der Waals surface area contributed by atoms with E-state index in [0.717, 1.165) is 12.0 Å². The van der Waals surface area contributed by atoms with Crippen LogP contribution in [0, 0.1) is 17.8 Å². The molecule has 168 valence electrons. The van der Waals surface area contributed by atoms with Gasteiger partial charge in [-0.2, -0.15) is 0 Å². The molecular weight excluding hydrogens is 414 g/mol. The minimum absolute atomic E-state index is 0.0512. The zero-order valence-corrected chi connectivity index (χ0v) is 18.9. The summed E-state index contributed by atoms with van der Waals surface area (Å²) in [6.45, 7) is 2.98. The fourth-order valence-electron chi connectivity index (χ4n) is 5.80. The van der Waals surface area contributed by atoms with E-state index in [0.29, 0.717) is 25.9 Å². The molecule has 3 amide bonds. The summed E-state index contributed by atoms with van der Waals surface area (Å²) in [5.41, 5.74) is 1.00. The van der Waals surface area contributed by atoms with Crippen molar-refractivity contribution in [3.8, 4) is 0 Å². The first-order chi connectivity index (χ1) is 15.0. The number of nitrogens with zero attached hydrogens (tertiary/aromatic N) is 1. The summed E-state index contributed by atoms with van der Waals surface area (Å²) >= 11 is 1.68. The summed E-state index contributed by atoms with van der Waals surface area (Å²) in [4.78, 5) is 41.6. The molecule has 4 rings (SSSR count). The lowest BCUT2D eigenvalue weighted by atomic mass is 9.66. The summed E-state index contributed by atoms with van der Waals surface area (Å²) < 4.78 is -0.584. The molecule has 3 aliphatic rings. The molecule has 0 aliphatic carbocycles. The Kier molecular flexibility index (Phi) is 6.30. The molecule has 7 nitrogen and oxygen atoms in total. The number of carbonyl (C=O) groups excluding carboxylic acids is 3. The number of carbonyl (C=O) groups is 3. The first-order valence-corrected chi connectivity index (χ1v) is 12.0. The second-order valence-corrected chi connectivity index (χ2v) is 10.4. The largest absolute Gasteiger partial charge is 0.396 e. The topological polar surface area (TPSA) is 98.7 Å². The maximum atomic E-state index is 13.6. The fraction of sp³-hybridized carbons (Fsp3) is 0.609. The molecule has 8 heteroatoms. The standard InChI is InChI=1S/C23H31N3O4S/c1-14-12-16-17(20(28)24-2)18-22(30)26(10-6-7-11-27)19(23(14,18)31-16)21(29)25-13-15-8-4-3-5-9-15/h3-5,8-9,14,16-19,27H,6-7,10-13H2,1-2H3,(H,24,28)(H,25,29)/t14?,16-,17+,18+,19?,23?/m1/s1. The van der Waals surface area contributed by atoms with Gasteiger partial charge < -0.3 is 20.6 Å². The number of aliphatic hydroxyl groups excluding tert-OH is 1. The number of benzene rings is 1. The van der Waals surface area contributed by atoms with Gasteiger partial charge in [0, 0.05) is 32.0 Å². The van der Waals surface area contributed by atoms with Crippen LogP contribution in [-0.4, -0.2) is 64.0 Å². The number of aliphatic hydroxyl groups is 1.